The summed E-state index contributed by atoms with van der Waals surface area (Å²) in [5.74, 6) is -2.05. The molecule has 0 N–H and O–H groups in total. The van der Waals surface area contributed by atoms with Crippen LogP contribution < -0.4 is 0 Å². The van der Waals surface area contributed by atoms with Gasteiger partial charge in [-0.3, -0.25) is 19.4 Å². The molecule has 0 radical (unpaired) electrons. The standard InChI is InChI=1S/2C12H23NO4/c2*1-13(2)12(16-4,17-5)10-8-6-7-9-11(14)15-3/h2*8,10H,6-7,9H2,1-5H3/b2*10-8+. The second-order valence-corrected chi connectivity index (χ2v) is 7.61. The molecule has 10 nitrogen and oxygen atoms in total. The van der Waals surface area contributed by atoms with Crippen LogP contribution in [0.3, 0.4) is 0 Å². The lowest BCUT2D eigenvalue weighted by atomic mass is 10.2. The van der Waals surface area contributed by atoms with Crippen LogP contribution in [0.4, 0.5) is 0 Å². The topological polar surface area (TPSA) is 96.0 Å². The highest BCUT2D eigenvalue weighted by Crippen LogP contribution is 2.17. The number of hydrogen-bond acceptors (Lipinski definition) is 10. The summed E-state index contributed by atoms with van der Waals surface area (Å²) in [6.07, 6.45) is 11.5. The van der Waals surface area contributed by atoms with Gasteiger partial charge in [0.05, 0.1) is 14.2 Å². The van der Waals surface area contributed by atoms with Crippen LogP contribution in [0.2, 0.25) is 0 Å². The highest BCUT2D eigenvalue weighted by molar-refractivity contribution is 5.69. The molecule has 0 bridgehead atoms. The number of esters is 2. The third-order valence-corrected chi connectivity index (χ3v) is 5.03. The molecular weight excluding hydrogens is 444 g/mol. The Hall–Kier alpha value is -1.82. The summed E-state index contributed by atoms with van der Waals surface area (Å²) in [6, 6.07) is 0. The molecule has 0 saturated carbocycles. The van der Waals surface area contributed by atoms with Crippen molar-refractivity contribution in [2.45, 2.75) is 50.3 Å². The van der Waals surface area contributed by atoms with Crippen molar-refractivity contribution in [1.82, 2.24) is 9.80 Å². The first kappa shape index (κ1) is 34.3. The SMILES string of the molecule is COC(=O)CCC/C=C/C(OC)(OC)N(C)C.COC(=O)CCC/C=C/C(OC)(OC)N(C)C. The number of rotatable bonds is 16. The molecule has 0 amide bonds. The minimum absolute atomic E-state index is 0.184. The van der Waals surface area contributed by atoms with Crippen LogP contribution in [-0.2, 0) is 38.0 Å². The monoisotopic (exact) mass is 490 g/mol. The summed E-state index contributed by atoms with van der Waals surface area (Å²) in [5, 5.41) is 0. The molecule has 0 rings (SSSR count). The quantitative estimate of drug-likeness (QED) is 0.139. The summed E-state index contributed by atoms with van der Waals surface area (Å²) in [4.78, 5) is 25.4. The van der Waals surface area contributed by atoms with Crippen molar-refractivity contribution in [3.05, 3.63) is 24.3 Å². The third-order valence-electron chi connectivity index (χ3n) is 5.03. The Morgan fingerprint density at radius 1 is 0.618 bits per heavy atom. The number of ether oxygens (including phenoxy) is 6. The van der Waals surface area contributed by atoms with E-state index in [4.69, 9.17) is 18.9 Å². The number of likely N-dealkylation sites (N-methyl/N-ethyl adjacent to an activating group) is 2. The molecule has 0 heterocycles. The van der Waals surface area contributed by atoms with E-state index in [1.807, 2.05) is 62.3 Å². The van der Waals surface area contributed by atoms with E-state index in [9.17, 15) is 9.59 Å². The van der Waals surface area contributed by atoms with Gasteiger partial charge in [0, 0.05) is 41.3 Å². The minimum Gasteiger partial charge on any atom is -0.469 e. The minimum atomic E-state index is -0.842. The van der Waals surface area contributed by atoms with E-state index in [1.54, 1.807) is 28.4 Å². The maximum absolute atomic E-state index is 10.9. The van der Waals surface area contributed by atoms with Crippen LogP contribution in [0.1, 0.15) is 38.5 Å². The van der Waals surface area contributed by atoms with Gasteiger partial charge in [-0.25, -0.2) is 0 Å². The van der Waals surface area contributed by atoms with Crippen LogP contribution >= 0.6 is 0 Å². The molecule has 0 aliphatic heterocycles. The van der Waals surface area contributed by atoms with Gasteiger partial charge in [-0.2, -0.15) is 0 Å². The highest BCUT2D eigenvalue weighted by Gasteiger charge is 2.29. The van der Waals surface area contributed by atoms with Gasteiger partial charge in [-0.05, 0) is 66.0 Å². The lowest BCUT2D eigenvalue weighted by molar-refractivity contribution is -0.248. The van der Waals surface area contributed by atoms with Crippen LogP contribution in [-0.4, -0.2) is 104 Å². The number of carbonyl (C=O) groups excluding carboxylic acids is 2. The lowest BCUT2D eigenvalue weighted by Gasteiger charge is -2.33. The van der Waals surface area contributed by atoms with Crippen LogP contribution in [0, 0.1) is 0 Å². The Balaban J connectivity index is 0. The largest absolute Gasteiger partial charge is 0.469 e. The first-order chi connectivity index (χ1) is 16.0. The van der Waals surface area contributed by atoms with Gasteiger partial charge < -0.3 is 28.4 Å². The number of methoxy groups -OCH3 is 6. The van der Waals surface area contributed by atoms with Crippen molar-refractivity contribution in [3.8, 4) is 0 Å². The molecule has 0 spiro atoms. The predicted molar refractivity (Wildman–Crippen MR) is 131 cm³/mol. The lowest BCUT2D eigenvalue weighted by Crippen LogP contribution is -2.45. The molecule has 0 aliphatic rings. The van der Waals surface area contributed by atoms with E-state index >= 15 is 0 Å². The Kier molecular flexibility index (Phi) is 19.7. The summed E-state index contributed by atoms with van der Waals surface area (Å²) in [5.41, 5.74) is 0. The van der Waals surface area contributed by atoms with Gasteiger partial charge in [-0.15, -0.1) is 0 Å². The molecule has 0 aromatic rings. The van der Waals surface area contributed by atoms with Crippen LogP contribution in [0.5, 0.6) is 0 Å². The fraction of sp³-hybridized carbons (Fsp3) is 0.750. The zero-order valence-corrected chi connectivity index (χ0v) is 22.7. The first-order valence-electron chi connectivity index (χ1n) is 11.1. The van der Waals surface area contributed by atoms with Crippen molar-refractivity contribution in [2.24, 2.45) is 0 Å². The van der Waals surface area contributed by atoms with Crippen molar-refractivity contribution < 1.29 is 38.0 Å². The summed E-state index contributed by atoms with van der Waals surface area (Å²) < 4.78 is 30.4. The zero-order valence-electron chi connectivity index (χ0n) is 22.7. The summed E-state index contributed by atoms with van der Waals surface area (Å²) in [6.45, 7) is 0. The van der Waals surface area contributed by atoms with E-state index in [2.05, 4.69) is 9.47 Å². The molecule has 0 fully saturated rings. The third kappa shape index (κ3) is 13.2. The normalized spacial score (nSPS) is 12.4. The van der Waals surface area contributed by atoms with Crippen molar-refractivity contribution in [3.63, 3.8) is 0 Å². The molecule has 200 valence electrons. The average Bonchev–Trinajstić information content (AvgIpc) is 2.83. The predicted octanol–water partition coefficient (Wildman–Crippen LogP) is 2.79. The van der Waals surface area contributed by atoms with E-state index < -0.39 is 11.8 Å². The Morgan fingerprint density at radius 2 is 0.912 bits per heavy atom. The smallest absolute Gasteiger partial charge is 0.305 e. The number of allylic oxidation sites excluding steroid dienone is 2. The Morgan fingerprint density at radius 3 is 1.12 bits per heavy atom. The molecule has 0 atom stereocenters. The first-order valence-corrected chi connectivity index (χ1v) is 11.1. The van der Waals surface area contributed by atoms with E-state index in [-0.39, 0.29) is 11.9 Å². The van der Waals surface area contributed by atoms with Crippen molar-refractivity contribution >= 4 is 11.9 Å². The van der Waals surface area contributed by atoms with E-state index in [0.29, 0.717) is 12.8 Å². The molecule has 34 heavy (non-hydrogen) atoms. The van der Waals surface area contributed by atoms with Crippen molar-refractivity contribution in [1.29, 1.82) is 0 Å². The molecule has 0 unspecified atom stereocenters. The molecule has 0 aromatic carbocycles. The second kappa shape index (κ2) is 19.5. The van der Waals surface area contributed by atoms with Gasteiger partial charge in [0.2, 0.25) is 11.8 Å². The number of carbonyl (C=O) groups is 2. The van der Waals surface area contributed by atoms with Crippen LogP contribution in [0.15, 0.2) is 24.3 Å². The maximum atomic E-state index is 10.9. The number of hydrogen-bond donors (Lipinski definition) is 0. The van der Waals surface area contributed by atoms with E-state index in [0.717, 1.165) is 25.7 Å². The van der Waals surface area contributed by atoms with Gasteiger partial charge >= 0.3 is 11.9 Å². The van der Waals surface area contributed by atoms with Gasteiger partial charge in [0.15, 0.2) is 0 Å². The zero-order chi connectivity index (χ0) is 26.6. The van der Waals surface area contributed by atoms with Gasteiger partial charge in [-0.1, -0.05) is 12.2 Å². The molecule has 10 heteroatoms. The fourth-order valence-corrected chi connectivity index (χ4v) is 2.86. The van der Waals surface area contributed by atoms with Gasteiger partial charge in [0.1, 0.15) is 0 Å². The summed E-state index contributed by atoms with van der Waals surface area (Å²) >= 11 is 0. The molecule has 0 aromatic heterocycles. The number of unbranched alkanes of at least 4 members (excludes halogenated alkanes) is 2. The average molecular weight is 491 g/mol. The molecule has 0 saturated heterocycles. The van der Waals surface area contributed by atoms with Crippen molar-refractivity contribution in [2.75, 3.05) is 70.8 Å². The fourth-order valence-electron chi connectivity index (χ4n) is 2.86. The summed E-state index contributed by atoms with van der Waals surface area (Å²) in [7, 11) is 16.6. The maximum Gasteiger partial charge on any atom is 0.305 e. The highest BCUT2D eigenvalue weighted by atomic mass is 16.7. The Labute approximate surface area is 205 Å². The molecular formula is C24H46N2O8. The van der Waals surface area contributed by atoms with E-state index in [1.165, 1.54) is 14.2 Å². The molecule has 0 aliphatic carbocycles. The second-order valence-electron chi connectivity index (χ2n) is 7.61. The van der Waals surface area contributed by atoms with Gasteiger partial charge in [0.25, 0.3) is 0 Å². The van der Waals surface area contributed by atoms with Crippen LogP contribution in [0.25, 0.3) is 0 Å². The Bertz CT molecular complexity index is 546. The number of nitrogens with zero attached hydrogens (tertiary/aromatic N) is 2.